The zero-order valence-corrected chi connectivity index (χ0v) is 16.3. The Hall–Kier alpha value is -1.01. The first kappa shape index (κ1) is 21.0. The zero-order chi connectivity index (χ0) is 18.4. The van der Waals surface area contributed by atoms with Crippen LogP contribution in [0.15, 0.2) is 18.2 Å². The van der Waals surface area contributed by atoms with Gasteiger partial charge in [-0.15, -0.1) is 0 Å². The molecule has 0 aliphatic heterocycles. The van der Waals surface area contributed by atoms with Crippen LogP contribution >= 0.6 is 11.6 Å². The van der Waals surface area contributed by atoms with E-state index in [0.717, 1.165) is 0 Å². The number of halogens is 1. The lowest BCUT2D eigenvalue weighted by Gasteiger charge is -2.31. The summed E-state index contributed by atoms with van der Waals surface area (Å²) in [6, 6.07) is 5.21. The molecule has 1 aromatic rings. The third-order valence-electron chi connectivity index (χ3n) is 3.67. The van der Waals surface area contributed by atoms with Crippen molar-refractivity contribution in [3.05, 3.63) is 23.2 Å². The van der Waals surface area contributed by atoms with Crippen LogP contribution in [-0.2, 0) is 14.2 Å². The SMILES string of the molecule is COC(CC(C)(C)OCCC(C)(C)Oc1cc(N)cc(Cl)c1)OC. The number of anilines is 1. The Morgan fingerprint density at radius 3 is 2.21 bits per heavy atom. The molecule has 0 aliphatic rings. The molecule has 0 amide bonds. The standard InChI is InChI=1S/C18H30ClNO4/c1-17(2,24-15-10-13(19)9-14(20)11-15)7-8-23-18(3,4)12-16(21-5)22-6/h9-11,16H,7-8,12,20H2,1-6H3. The molecular formula is C18H30ClNO4. The Labute approximate surface area is 150 Å². The minimum absolute atomic E-state index is 0.279. The highest BCUT2D eigenvalue weighted by Gasteiger charge is 2.26. The van der Waals surface area contributed by atoms with Gasteiger partial charge in [-0.2, -0.15) is 0 Å². The molecule has 0 unspecified atom stereocenters. The number of nitrogens with two attached hydrogens (primary N) is 1. The maximum atomic E-state index is 6.01. The van der Waals surface area contributed by atoms with E-state index in [2.05, 4.69) is 0 Å². The van der Waals surface area contributed by atoms with Crippen molar-refractivity contribution in [3.63, 3.8) is 0 Å². The summed E-state index contributed by atoms with van der Waals surface area (Å²) in [5.41, 5.74) is 5.61. The largest absolute Gasteiger partial charge is 0.488 e. The maximum absolute atomic E-state index is 6.01. The molecule has 0 spiro atoms. The second kappa shape index (κ2) is 8.90. The normalized spacial score (nSPS) is 12.7. The van der Waals surface area contributed by atoms with E-state index in [0.29, 0.717) is 35.9 Å². The summed E-state index contributed by atoms with van der Waals surface area (Å²) in [5.74, 6) is 0.656. The molecule has 0 aromatic heterocycles. The quantitative estimate of drug-likeness (QED) is 0.499. The van der Waals surface area contributed by atoms with Gasteiger partial charge in [-0.1, -0.05) is 11.6 Å². The van der Waals surface area contributed by atoms with Crippen molar-refractivity contribution in [2.75, 3.05) is 26.6 Å². The van der Waals surface area contributed by atoms with Gasteiger partial charge >= 0.3 is 0 Å². The molecule has 5 nitrogen and oxygen atoms in total. The number of rotatable bonds is 10. The van der Waals surface area contributed by atoms with Crippen LogP contribution in [-0.4, -0.2) is 38.3 Å². The summed E-state index contributed by atoms with van der Waals surface area (Å²) in [7, 11) is 3.25. The van der Waals surface area contributed by atoms with Gasteiger partial charge in [-0.25, -0.2) is 0 Å². The van der Waals surface area contributed by atoms with Gasteiger partial charge in [0.15, 0.2) is 6.29 Å². The van der Waals surface area contributed by atoms with Gasteiger partial charge in [0.1, 0.15) is 11.4 Å². The van der Waals surface area contributed by atoms with Gasteiger partial charge in [0.05, 0.1) is 12.2 Å². The molecule has 1 rings (SSSR count). The maximum Gasteiger partial charge on any atom is 0.159 e. The fourth-order valence-electron chi connectivity index (χ4n) is 2.31. The summed E-state index contributed by atoms with van der Waals surface area (Å²) >= 11 is 6.01. The van der Waals surface area contributed by atoms with E-state index in [1.165, 1.54) is 0 Å². The average Bonchev–Trinajstić information content (AvgIpc) is 2.42. The van der Waals surface area contributed by atoms with Crippen LogP contribution in [0.5, 0.6) is 5.75 Å². The van der Waals surface area contributed by atoms with Crippen LogP contribution in [0.4, 0.5) is 5.69 Å². The molecule has 0 bridgehead atoms. The molecule has 0 aliphatic carbocycles. The summed E-state index contributed by atoms with van der Waals surface area (Å²) in [6.45, 7) is 8.60. The van der Waals surface area contributed by atoms with Crippen molar-refractivity contribution in [2.24, 2.45) is 0 Å². The lowest BCUT2D eigenvalue weighted by atomic mass is 10.0. The second-order valence-corrected chi connectivity index (χ2v) is 7.48. The van der Waals surface area contributed by atoms with Crippen LogP contribution in [0, 0.1) is 0 Å². The molecule has 0 atom stereocenters. The third-order valence-corrected chi connectivity index (χ3v) is 3.89. The topological polar surface area (TPSA) is 62.9 Å². The summed E-state index contributed by atoms with van der Waals surface area (Å²) in [5, 5.41) is 0.559. The van der Waals surface area contributed by atoms with E-state index in [1.807, 2.05) is 27.7 Å². The number of hydrogen-bond acceptors (Lipinski definition) is 5. The van der Waals surface area contributed by atoms with Gasteiger partial charge in [0.2, 0.25) is 0 Å². The van der Waals surface area contributed by atoms with Crippen molar-refractivity contribution >= 4 is 17.3 Å². The van der Waals surface area contributed by atoms with Crippen molar-refractivity contribution in [2.45, 2.75) is 58.0 Å². The Balaban J connectivity index is 2.52. The third kappa shape index (κ3) is 7.71. The number of ether oxygens (including phenoxy) is 4. The number of methoxy groups -OCH3 is 2. The van der Waals surface area contributed by atoms with Gasteiger partial charge in [0.25, 0.3) is 0 Å². The molecule has 0 fully saturated rings. The van der Waals surface area contributed by atoms with E-state index >= 15 is 0 Å². The van der Waals surface area contributed by atoms with E-state index < -0.39 is 5.60 Å². The van der Waals surface area contributed by atoms with Crippen molar-refractivity contribution in [3.8, 4) is 5.75 Å². The smallest absolute Gasteiger partial charge is 0.159 e. The van der Waals surface area contributed by atoms with Crippen LogP contribution in [0.3, 0.4) is 0 Å². The summed E-state index contributed by atoms with van der Waals surface area (Å²) in [4.78, 5) is 0. The predicted octanol–water partition coefficient (Wildman–Crippen LogP) is 4.27. The van der Waals surface area contributed by atoms with E-state index in [9.17, 15) is 0 Å². The van der Waals surface area contributed by atoms with Gasteiger partial charge in [-0.3, -0.25) is 0 Å². The summed E-state index contributed by atoms with van der Waals surface area (Å²) in [6.07, 6.45) is 1.08. The minimum Gasteiger partial charge on any atom is -0.488 e. The van der Waals surface area contributed by atoms with Gasteiger partial charge in [-0.05, 0) is 39.8 Å². The van der Waals surface area contributed by atoms with E-state index in [1.54, 1.807) is 32.4 Å². The average molecular weight is 360 g/mol. The van der Waals surface area contributed by atoms with Crippen LogP contribution in [0.25, 0.3) is 0 Å². The minimum atomic E-state index is -0.408. The molecule has 0 heterocycles. The van der Waals surface area contributed by atoms with Crippen LogP contribution in [0.2, 0.25) is 5.02 Å². The number of benzene rings is 1. The first-order valence-corrected chi connectivity index (χ1v) is 8.39. The first-order valence-electron chi connectivity index (χ1n) is 8.01. The Kier molecular flexibility index (Phi) is 7.80. The fourth-order valence-corrected chi connectivity index (χ4v) is 2.54. The molecule has 24 heavy (non-hydrogen) atoms. The molecular weight excluding hydrogens is 330 g/mol. The van der Waals surface area contributed by atoms with Crippen LogP contribution < -0.4 is 10.5 Å². The Morgan fingerprint density at radius 1 is 1.04 bits per heavy atom. The molecule has 0 saturated heterocycles. The number of hydrogen-bond donors (Lipinski definition) is 1. The first-order chi connectivity index (χ1) is 11.1. The highest BCUT2D eigenvalue weighted by molar-refractivity contribution is 6.31. The highest BCUT2D eigenvalue weighted by Crippen LogP contribution is 2.28. The van der Waals surface area contributed by atoms with Crippen LogP contribution in [0.1, 0.15) is 40.5 Å². The Morgan fingerprint density at radius 2 is 1.67 bits per heavy atom. The van der Waals surface area contributed by atoms with E-state index in [4.69, 9.17) is 36.3 Å². The lowest BCUT2D eigenvalue weighted by Crippen LogP contribution is -2.35. The lowest BCUT2D eigenvalue weighted by molar-refractivity contribution is -0.152. The Bertz CT molecular complexity index is 495. The van der Waals surface area contributed by atoms with E-state index in [-0.39, 0.29) is 11.9 Å². The van der Waals surface area contributed by atoms with Crippen molar-refractivity contribution < 1.29 is 18.9 Å². The molecule has 0 saturated carbocycles. The molecule has 6 heteroatoms. The second-order valence-electron chi connectivity index (χ2n) is 7.05. The van der Waals surface area contributed by atoms with Crippen molar-refractivity contribution in [1.82, 2.24) is 0 Å². The van der Waals surface area contributed by atoms with Gasteiger partial charge in [0, 0.05) is 43.8 Å². The molecule has 2 N–H and O–H groups in total. The molecule has 138 valence electrons. The fraction of sp³-hybridized carbons (Fsp3) is 0.667. The highest BCUT2D eigenvalue weighted by atomic mass is 35.5. The number of nitrogen functional groups attached to an aromatic ring is 1. The van der Waals surface area contributed by atoms with Gasteiger partial charge < -0.3 is 24.7 Å². The predicted molar refractivity (Wildman–Crippen MR) is 97.6 cm³/mol. The monoisotopic (exact) mass is 359 g/mol. The van der Waals surface area contributed by atoms with Crippen molar-refractivity contribution in [1.29, 1.82) is 0 Å². The summed E-state index contributed by atoms with van der Waals surface area (Å²) < 4.78 is 22.5. The molecule has 0 radical (unpaired) electrons. The molecule has 1 aromatic carbocycles. The zero-order valence-electron chi connectivity index (χ0n) is 15.5.